The average Bonchev–Trinajstić information content (AvgIpc) is 3.30. The Balaban J connectivity index is 1.82. The van der Waals surface area contributed by atoms with Crippen LogP contribution in [0, 0.1) is 11.8 Å². The molecule has 0 saturated heterocycles. The van der Waals surface area contributed by atoms with Crippen LogP contribution in [0.15, 0.2) is 59.7 Å². The number of fused-ring (bicyclic) bond motifs is 1. The van der Waals surface area contributed by atoms with Crippen molar-refractivity contribution >= 4 is 11.6 Å². The first kappa shape index (κ1) is 11.4. The van der Waals surface area contributed by atoms with Crippen molar-refractivity contribution in [2.24, 2.45) is 16.9 Å². The molecule has 1 aliphatic carbocycles. The van der Waals surface area contributed by atoms with Crippen LogP contribution in [0.2, 0.25) is 0 Å². The smallest absolute Gasteiger partial charge is 0.243 e. The molecule has 0 aromatic heterocycles. The molecule has 2 atom stereocenters. The Morgan fingerprint density at radius 2 is 1.60 bits per heavy atom. The molecular formula is C17H14N2O. The maximum Gasteiger partial charge on any atom is 0.243 e. The van der Waals surface area contributed by atoms with Gasteiger partial charge in [0.15, 0.2) is 0 Å². The fourth-order valence-electron chi connectivity index (χ4n) is 2.90. The molecular weight excluding hydrogens is 248 g/mol. The standard InChI is InChI=1S/C17H14N2O/c20-17-15-10-14(15)16(18-19-17)13-9-5-4-8-12(13)11-6-2-1-3-7-11/h1-9,14-15H,10H2,(H,19,20). The lowest BCUT2D eigenvalue weighted by atomic mass is 9.94. The Morgan fingerprint density at radius 3 is 2.40 bits per heavy atom. The number of nitrogens with zero attached hydrogens (tertiary/aromatic N) is 1. The molecule has 1 fully saturated rings. The van der Waals surface area contributed by atoms with E-state index in [9.17, 15) is 4.79 Å². The van der Waals surface area contributed by atoms with Crippen molar-refractivity contribution in [2.75, 3.05) is 0 Å². The molecule has 2 aromatic rings. The predicted molar refractivity (Wildman–Crippen MR) is 78.2 cm³/mol. The summed E-state index contributed by atoms with van der Waals surface area (Å²) < 4.78 is 0. The van der Waals surface area contributed by atoms with Gasteiger partial charge in [0.05, 0.1) is 5.71 Å². The summed E-state index contributed by atoms with van der Waals surface area (Å²) in [7, 11) is 0. The Labute approximate surface area is 117 Å². The Hall–Kier alpha value is -2.42. The Morgan fingerprint density at radius 1 is 0.900 bits per heavy atom. The van der Waals surface area contributed by atoms with Crippen molar-refractivity contribution < 1.29 is 4.79 Å². The second-order valence-electron chi connectivity index (χ2n) is 5.33. The SMILES string of the molecule is O=C1NN=C(c2ccccc2-c2ccccc2)C2CC12. The highest BCUT2D eigenvalue weighted by Gasteiger charge is 2.49. The van der Waals surface area contributed by atoms with Gasteiger partial charge >= 0.3 is 0 Å². The van der Waals surface area contributed by atoms with E-state index in [1.165, 1.54) is 11.1 Å². The van der Waals surface area contributed by atoms with Crippen LogP contribution < -0.4 is 5.43 Å². The van der Waals surface area contributed by atoms with Gasteiger partial charge < -0.3 is 0 Å². The van der Waals surface area contributed by atoms with Crippen LogP contribution in [0.4, 0.5) is 0 Å². The summed E-state index contributed by atoms with van der Waals surface area (Å²) in [6.45, 7) is 0. The summed E-state index contributed by atoms with van der Waals surface area (Å²) in [6.07, 6.45) is 0.924. The molecule has 1 amide bonds. The summed E-state index contributed by atoms with van der Waals surface area (Å²) in [5.41, 5.74) is 7.16. The van der Waals surface area contributed by atoms with E-state index in [0.717, 1.165) is 17.7 Å². The second-order valence-corrected chi connectivity index (χ2v) is 5.33. The molecule has 4 rings (SSSR count). The fourth-order valence-corrected chi connectivity index (χ4v) is 2.90. The molecule has 0 spiro atoms. The molecule has 2 aliphatic rings. The molecule has 3 heteroatoms. The maximum absolute atomic E-state index is 11.5. The van der Waals surface area contributed by atoms with E-state index in [-0.39, 0.29) is 11.8 Å². The van der Waals surface area contributed by atoms with Crippen LogP contribution in [0.25, 0.3) is 11.1 Å². The third-order valence-electron chi connectivity index (χ3n) is 4.05. The number of carbonyl (C=O) groups is 1. The van der Waals surface area contributed by atoms with Crippen LogP contribution in [-0.4, -0.2) is 11.6 Å². The first-order valence-electron chi connectivity index (χ1n) is 6.87. The van der Waals surface area contributed by atoms with Gasteiger partial charge in [0, 0.05) is 17.4 Å². The summed E-state index contributed by atoms with van der Waals surface area (Å²) in [5, 5.41) is 4.31. The van der Waals surface area contributed by atoms with Crippen molar-refractivity contribution in [2.45, 2.75) is 6.42 Å². The molecule has 3 nitrogen and oxygen atoms in total. The number of rotatable bonds is 2. The number of amides is 1. The molecule has 1 aliphatic heterocycles. The second kappa shape index (κ2) is 4.30. The summed E-state index contributed by atoms with van der Waals surface area (Å²) in [5.74, 6) is 0.496. The molecule has 1 heterocycles. The van der Waals surface area contributed by atoms with E-state index >= 15 is 0 Å². The first-order chi connectivity index (χ1) is 9.84. The molecule has 1 saturated carbocycles. The van der Waals surface area contributed by atoms with E-state index < -0.39 is 0 Å². The quantitative estimate of drug-likeness (QED) is 0.888. The average molecular weight is 262 g/mol. The summed E-state index contributed by atoms with van der Waals surface area (Å²) in [6, 6.07) is 18.6. The number of hydrogen-bond acceptors (Lipinski definition) is 2. The van der Waals surface area contributed by atoms with Gasteiger partial charge in [0.2, 0.25) is 5.91 Å². The highest BCUT2D eigenvalue weighted by Crippen LogP contribution is 2.44. The molecule has 20 heavy (non-hydrogen) atoms. The van der Waals surface area contributed by atoms with Crippen molar-refractivity contribution in [1.29, 1.82) is 0 Å². The third-order valence-corrected chi connectivity index (χ3v) is 4.05. The maximum atomic E-state index is 11.5. The van der Waals surface area contributed by atoms with Crippen molar-refractivity contribution in [3.05, 3.63) is 60.2 Å². The Bertz CT molecular complexity index is 706. The van der Waals surface area contributed by atoms with Crippen LogP contribution in [0.1, 0.15) is 12.0 Å². The molecule has 0 radical (unpaired) electrons. The minimum Gasteiger partial charge on any atom is -0.273 e. The first-order valence-corrected chi connectivity index (χ1v) is 6.87. The van der Waals surface area contributed by atoms with E-state index in [4.69, 9.17) is 0 Å². The summed E-state index contributed by atoms with van der Waals surface area (Å²) >= 11 is 0. The largest absolute Gasteiger partial charge is 0.273 e. The lowest BCUT2D eigenvalue weighted by Crippen LogP contribution is -2.29. The van der Waals surface area contributed by atoms with Crippen molar-refractivity contribution in [3.63, 3.8) is 0 Å². The third kappa shape index (κ3) is 1.74. The highest BCUT2D eigenvalue weighted by molar-refractivity contribution is 6.12. The lowest BCUT2D eigenvalue weighted by molar-refractivity contribution is -0.122. The normalized spacial score (nSPS) is 23.6. The minimum absolute atomic E-state index is 0.0657. The van der Waals surface area contributed by atoms with E-state index in [2.05, 4.69) is 34.8 Å². The number of carbonyl (C=O) groups excluding carboxylic acids is 1. The zero-order chi connectivity index (χ0) is 13.5. The van der Waals surface area contributed by atoms with Gasteiger partial charge in [-0.3, -0.25) is 4.79 Å². The molecule has 98 valence electrons. The zero-order valence-corrected chi connectivity index (χ0v) is 10.9. The lowest BCUT2D eigenvalue weighted by Gasteiger charge is -2.15. The van der Waals surface area contributed by atoms with Crippen LogP contribution >= 0.6 is 0 Å². The van der Waals surface area contributed by atoms with E-state index in [0.29, 0.717) is 5.92 Å². The zero-order valence-electron chi connectivity index (χ0n) is 10.9. The topological polar surface area (TPSA) is 41.5 Å². The van der Waals surface area contributed by atoms with Gasteiger partial charge in [-0.25, -0.2) is 5.43 Å². The van der Waals surface area contributed by atoms with Gasteiger partial charge in [0.1, 0.15) is 0 Å². The van der Waals surface area contributed by atoms with E-state index in [1.54, 1.807) is 0 Å². The number of benzene rings is 2. The summed E-state index contributed by atoms with van der Waals surface area (Å²) in [4.78, 5) is 11.5. The molecule has 1 N–H and O–H groups in total. The van der Waals surface area contributed by atoms with Crippen molar-refractivity contribution in [3.8, 4) is 11.1 Å². The number of nitrogens with one attached hydrogen (secondary N) is 1. The fraction of sp³-hybridized carbons (Fsp3) is 0.176. The van der Waals surface area contributed by atoms with Crippen LogP contribution in [0.3, 0.4) is 0 Å². The van der Waals surface area contributed by atoms with Crippen molar-refractivity contribution in [1.82, 2.24) is 5.43 Å². The number of hydrazone groups is 1. The highest BCUT2D eigenvalue weighted by atomic mass is 16.2. The predicted octanol–water partition coefficient (Wildman–Crippen LogP) is 2.82. The van der Waals surface area contributed by atoms with Crippen LogP contribution in [-0.2, 0) is 4.79 Å². The number of hydrogen-bond donors (Lipinski definition) is 1. The van der Waals surface area contributed by atoms with Gasteiger partial charge in [-0.2, -0.15) is 5.10 Å². The Kier molecular flexibility index (Phi) is 2.46. The van der Waals surface area contributed by atoms with Gasteiger partial charge in [-0.1, -0.05) is 54.6 Å². The molecule has 0 bridgehead atoms. The van der Waals surface area contributed by atoms with Gasteiger partial charge in [0.25, 0.3) is 0 Å². The molecule has 2 unspecified atom stereocenters. The monoisotopic (exact) mass is 262 g/mol. The van der Waals surface area contributed by atoms with Gasteiger partial charge in [-0.05, 0) is 17.5 Å². The van der Waals surface area contributed by atoms with Crippen LogP contribution in [0.5, 0.6) is 0 Å². The van der Waals surface area contributed by atoms with Gasteiger partial charge in [-0.15, -0.1) is 0 Å². The van der Waals surface area contributed by atoms with E-state index in [1.807, 2.05) is 30.3 Å². The minimum atomic E-state index is 0.0657. The molecule has 2 aromatic carbocycles.